The van der Waals surface area contributed by atoms with Crippen LogP contribution < -0.4 is 11.3 Å². The van der Waals surface area contributed by atoms with E-state index in [-0.39, 0.29) is 12.1 Å². The van der Waals surface area contributed by atoms with Crippen LogP contribution in [0.2, 0.25) is 5.02 Å². The molecule has 18 heavy (non-hydrogen) atoms. The standard InChI is InChI=1S/C11H20ClN5O/c1-3-17-11(8(12)6-14-17)10(15-13)9-7-16(2)4-5-18-9/h6,9-10,15H,3-5,7,13H2,1-2H3. The molecule has 1 aliphatic heterocycles. The van der Waals surface area contributed by atoms with E-state index < -0.39 is 0 Å². The topological polar surface area (TPSA) is 68.3 Å². The molecule has 1 aliphatic rings. The van der Waals surface area contributed by atoms with E-state index in [4.69, 9.17) is 22.2 Å². The van der Waals surface area contributed by atoms with Gasteiger partial charge in [-0.2, -0.15) is 5.10 Å². The lowest BCUT2D eigenvalue weighted by molar-refractivity contribution is -0.0407. The number of likely N-dealkylation sites (N-methyl/N-ethyl adjacent to an activating group) is 1. The number of hydrogen-bond donors (Lipinski definition) is 2. The minimum atomic E-state index is -0.150. The van der Waals surface area contributed by atoms with Crippen LogP contribution in [-0.4, -0.2) is 47.5 Å². The summed E-state index contributed by atoms with van der Waals surface area (Å²) >= 11 is 6.20. The summed E-state index contributed by atoms with van der Waals surface area (Å²) < 4.78 is 7.65. The third-order valence-electron chi connectivity index (χ3n) is 3.28. The molecule has 3 N–H and O–H groups in total. The van der Waals surface area contributed by atoms with Gasteiger partial charge in [0.2, 0.25) is 0 Å². The number of nitrogens with zero attached hydrogens (tertiary/aromatic N) is 3. The zero-order valence-electron chi connectivity index (χ0n) is 10.8. The maximum Gasteiger partial charge on any atom is 0.0925 e. The molecule has 1 saturated heterocycles. The van der Waals surface area contributed by atoms with Crippen molar-refractivity contribution >= 4 is 11.6 Å². The van der Waals surface area contributed by atoms with Crippen molar-refractivity contribution in [3.8, 4) is 0 Å². The summed E-state index contributed by atoms with van der Waals surface area (Å²) in [6.45, 7) is 5.24. The number of aryl methyl sites for hydroxylation is 1. The van der Waals surface area contributed by atoms with Crippen molar-refractivity contribution in [2.75, 3.05) is 26.7 Å². The molecule has 0 radical (unpaired) electrons. The second-order valence-electron chi connectivity index (χ2n) is 4.51. The highest BCUT2D eigenvalue weighted by Gasteiger charge is 2.31. The number of ether oxygens (including phenoxy) is 1. The lowest BCUT2D eigenvalue weighted by Gasteiger charge is -2.35. The molecule has 7 heteroatoms. The van der Waals surface area contributed by atoms with Crippen LogP contribution in [0.3, 0.4) is 0 Å². The first kappa shape index (κ1) is 13.8. The summed E-state index contributed by atoms with van der Waals surface area (Å²) in [6.07, 6.45) is 1.63. The number of halogens is 1. The van der Waals surface area contributed by atoms with Crippen LogP contribution in [0.15, 0.2) is 6.20 Å². The maximum absolute atomic E-state index is 6.20. The van der Waals surface area contributed by atoms with Gasteiger partial charge in [0.15, 0.2) is 0 Å². The number of rotatable bonds is 4. The first-order chi connectivity index (χ1) is 8.67. The van der Waals surface area contributed by atoms with E-state index in [1.54, 1.807) is 6.20 Å². The van der Waals surface area contributed by atoms with Crippen molar-refractivity contribution in [2.24, 2.45) is 5.84 Å². The first-order valence-corrected chi connectivity index (χ1v) is 6.52. The van der Waals surface area contributed by atoms with Gasteiger partial charge in [-0.1, -0.05) is 11.6 Å². The molecule has 0 amide bonds. The molecule has 0 spiro atoms. The number of hydrazine groups is 1. The lowest BCUT2D eigenvalue weighted by atomic mass is 10.1. The molecule has 2 atom stereocenters. The molecule has 1 aromatic rings. The molecule has 1 fully saturated rings. The van der Waals surface area contributed by atoms with Gasteiger partial charge < -0.3 is 9.64 Å². The van der Waals surface area contributed by atoms with Gasteiger partial charge in [-0.05, 0) is 14.0 Å². The quantitative estimate of drug-likeness (QED) is 0.614. The SMILES string of the molecule is CCn1ncc(Cl)c1C(NN)C1CN(C)CCO1. The summed E-state index contributed by atoms with van der Waals surface area (Å²) in [5.74, 6) is 5.68. The average molecular weight is 274 g/mol. The van der Waals surface area contributed by atoms with Gasteiger partial charge in [-0.15, -0.1) is 0 Å². The van der Waals surface area contributed by atoms with Crippen molar-refractivity contribution in [3.05, 3.63) is 16.9 Å². The predicted molar refractivity (Wildman–Crippen MR) is 70.2 cm³/mol. The highest BCUT2D eigenvalue weighted by atomic mass is 35.5. The Bertz CT molecular complexity index is 397. The van der Waals surface area contributed by atoms with Crippen molar-refractivity contribution in [1.29, 1.82) is 0 Å². The fourth-order valence-electron chi connectivity index (χ4n) is 2.31. The normalized spacial score (nSPS) is 23.2. The van der Waals surface area contributed by atoms with Crippen LogP contribution in [0.4, 0.5) is 0 Å². The Morgan fingerprint density at radius 1 is 1.72 bits per heavy atom. The zero-order valence-corrected chi connectivity index (χ0v) is 11.5. The van der Waals surface area contributed by atoms with E-state index in [2.05, 4.69) is 22.5 Å². The van der Waals surface area contributed by atoms with Gasteiger partial charge >= 0.3 is 0 Å². The van der Waals surface area contributed by atoms with Crippen LogP contribution in [0.5, 0.6) is 0 Å². The second-order valence-corrected chi connectivity index (χ2v) is 4.92. The summed E-state index contributed by atoms with van der Waals surface area (Å²) in [5, 5.41) is 4.86. The molecule has 0 bridgehead atoms. The van der Waals surface area contributed by atoms with Crippen molar-refractivity contribution in [2.45, 2.75) is 25.6 Å². The minimum absolute atomic E-state index is 0.0201. The monoisotopic (exact) mass is 273 g/mol. The Kier molecular flexibility index (Phi) is 4.58. The van der Waals surface area contributed by atoms with Gasteiger partial charge in [0.1, 0.15) is 0 Å². The molecule has 2 rings (SSSR count). The van der Waals surface area contributed by atoms with E-state index in [1.807, 2.05) is 11.6 Å². The molecule has 2 heterocycles. The second kappa shape index (κ2) is 5.99. The number of hydrogen-bond acceptors (Lipinski definition) is 5. The summed E-state index contributed by atoms with van der Waals surface area (Å²) in [5.41, 5.74) is 3.70. The smallest absolute Gasteiger partial charge is 0.0925 e. The first-order valence-electron chi connectivity index (χ1n) is 6.14. The van der Waals surface area contributed by atoms with Crippen molar-refractivity contribution < 1.29 is 4.74 Å². The Labute approximate surface area is 112 Å². The summed E-state index contributed by atoms with van der Waals surface area (Å²) in [4.78, 5) is 2.22. The molecule has 0 aromatic carbocycles. The van der Waals surface area contributed by atoms with Gasteiger partial charge in [-0.3, -0.25) is 10.5 Å². The van der Waals surface area contributed by atoms with Gasteiger partial charge in [0.05, 0.1) is 35.7 Å². The number of morpholine rings is 1. The van der Waals surface area contributed by atoms with Crippen LogP contribution in [0.25, 0.3) is 0 Å². The van der Waals surface area contributed by atoms with Gasteiger partial charge in [0.25, 0.3) is 0 Å². The van der Waals surface area contributed by atoms with E-state index in [9.17, 15) is 0 Å². The molecular weight excluding hydrogens is 254 g/mol. The summed E-state index contributed by atoms with van der Waals surface area (Å²) in [7, 11) is 2.07. The number of nitrogens with one attached hydrogen (secondary N) is 1. The fraction of sp³-hybridized carbons (Fsp3) is 0.727. The third-order valence-corrected chi connectivity index (χ3v) is 3.57. The van der Waals surface area contributed by atoms with E-state index in [0.29, 0.717) is 11.6 Å². The van der Waals surface area contributed by atoms with Crippen LogP contribution in [0.1, 0.15) is 18.7 Å². The molecule has 102 valence electrons. The Morgan fingerprint density at radius 3 is 3.11 bits per heavy atom. The molecular formula is C11H20ClN5O. The molecule has 0 saturated carbocycles. The Hall–Kier alpha value is -0.660. The van der Waals surface area contributed by atoms with Crippen molar-refractivity contribution in [1.82, 2.24) is 20.1 Å². The molecule has 6 nitrogen and oxygen atoms in total. The average Bonchev–Trinajstić information content (AvgIpc) is 2.72. The molecule has 0 aliphatic carbocycles. The highest BCUT2D eigenvalue weighted by molar-refractivity contribution is 6.31. The van der Waals surface area contributed by atoms with Crippen LogP contribution in [-0.2, 0) is 11.3 Å². The Morgan fingerprint density at radius 2 is 2.50 bits per heavy atom. The maximum atomic E-state index is 6.20. The number of nitrogens with two attached hydrogens (primary N) is 1. The van der Waals surface area contributed by atoms with Crippen LogP contribution >= 0.6 is 11.6 Å². The van der Waals surface area contributed by atoms with Crippen LogP contribution in [0, 0.1) is 0 Å². The van der Waals surface area contributed by atoms with Crippen molar-refractivity contribution in [3.63, 3.8) is 0 Å². The zero-order chi connectivity index (χ0) is 13.1. The fourth-order valence-corrected chi connectivity index (χ4v) is 2.57. The third kappa shape index (κ3) is 2.67. The minimum Gasteiger partial charge on any atom is -0.373 e. The van der Waals surface area contributed by atoms with E-state index >= 15 is 0 Å². The molecule has 2 unspecified atom stereocenters. The van der Waals surface area contributed by atoms with Gasteiger partial charge in [0, 0.05) is 19.6 Å². The number of aromatic nitrogens is 2. The van der Waals surface area contributed by atoms with E-state index in [0.717, 1.165) is 25.3 Å². The Balaban J connectivity index is 2.24. The largest absolute Gasteiger partial charge is 0.373 e. The predicted octanol–water partition coefficient (Wildman–Crippen LogP) is 0.391. The molecule has 1 aromatic heterocycles. The lowest BCUT2D eigenvalue weighted by Crippen LogP contribution is -2.49. The van der Waals surface area contributed by atoms with Gasteiger partial charge in [-0.25, -0.2) is 5.43 Å². The highest BCUT2D eigenvalue weighted by Crippen LogP contribution is 2.27. The summed E-state index contributed by atoms with van der Waals surface area (Å²) in [6, 6.07) is -0.150. The van der Waals surface area contributed by atoms with E-state index in [1.165, 1.54) is 0 Å².